The first kappa shape index (κ1) is 8.69. The van der Waals surface area contributed by atoms with Crippen molar-refractivity contribution in [1.82, 2.24) is 9.97 Å². The molecule has 0 radical (unpaired) electrons. The number of aryl methyl sites for hydroxylation is 1. The van der Waals surface area contributed by atoms with Gasteiger partial charge in [-0.1, -0.05) is 6.07 Å². The standard InChI is InChI=1S/C11H11N3/c1-8-6-9(2-3-10(8)12)11-7-13-4-5-14-11/h2-7H,12H2,1H3. The number of anilines is 1. The van der Waals surface area contributed by atoms with Gasteiger partial charge in [0, 0.05) is 23.6 Å². The summed E-state index contributed by atoms with van der Waals surface area (Å²) < 4.78 is 0. The maximum absolute atomic E-state index is 5.73. The van der Waals surface area contributed by atoms with Crippen molar-refractivity contribution in [3.8, 4) is 11.3 Å². The number of nitrogens with two attached hydrogens (primary N) is 1. The molecule has 3 nitrogen and oxygen atoms in total. The summed E-state index contributed by atoms with van der Waals surface area (Å²) in [6, 6.07) is 5.85. The summed E-state index contributed by atoms with van der Waals surface area (Å²) in [5.74, 6) is 0. The SMILES string of the molecule is Cc1cc(-c2cnccn2)ccc1N. The van der Waals surface area contributed by atoms with Gasteiger partial charge >= 0.3 is 0 Å². The average Bonchev–Trinajstić information content (AvgIpc) is 2.23. The van der Waals surface area contributed by atoms with Crippen LogP contribution in [-0.2, 0) is 0 Å². The second-order valence-electron chi connectivity index (χ2n) is 3.16. The molecule has 0 unspecified atom stereocenters. The van der Waals surface area contributed by atoms with Crippen LogP contribution in [0.1, 0.15) is 5.56 Å². The van der Waals surface area contributed by atoms with Gasteiger partial charge in [0.1, 0.15) is 0 Å². The summed E-state index contributed by atoms with van der Waals surface area (Å²) >= 11 is 0. The first-order valence-electron chi connectivity index (χ1n) is 4.40. The Kier molecular flexibility index (Phi) is 2.14. The maximum Gasteiger partial charge on any atom is 0.0885 e. The quantitative estimate of drug-likeness (QED) is 0.691. The van der Waals surface area contributed by atoms with Crippen LogP contribution in [0.25, 0.3) is 11.3 Å². The van der Waals surface area contributed by atoms with Gasteiger partial charge < -0.3 is 5.73 Å². The molecule has 0 spiro atoms. The highest BCUT2D eigenvalue weighted by molar-refractivity contribution is 5.63. The fourth-order valence-electron chi connectivity index (χ4n) is 1.28. The van der Waals surface area contributed by atoms with Crippen molar-refractivity contribution in [1.29, 1.82) is 0 Å². The van der Waals surface area contributed by atoms with Gasteiger partial charge in [-0.05, 0) is 24.6 Å². The molecule has 0 aliphatic rings. The summed E-state index contributed by atoms with van der Waals surface area (Å²) in [6.07, 6.45) is 5.08. The highest BCUT2D eigenvalue weighted by Gasteiger charge is 2.00. The van der Waals surface area contributed by atoms with Crippen molar-refractivity contribution in [2.75, 3.05) is 5.73 Å². The van der Waals surface area contributed by atoms with Gasteiger partial charge in [0.2, 0.25) is 0 Å². The normalized spacial score (nSPS) is 10.1. The van der Waals surface area contributed by atoms with E-state index >= 15 is 0 Å². The number of rotatable bonds is 1. The molecule has 0 amide bonds. The highest BCUT2D eigenvalue weighted by Crippen LogP contribution is 2.20. The summed E-state index contributed by atoms with van der Waals surface area (Å²) in [4.78, 5) is 8.24. The molecule has 2 N–H and O–H groups in total. The molecule has 0 atom stereocenters. The molecule has 0 aliphatic carbocycles. The second-order valence-corrected chi connectivity index (χ2v) is 3.16. The van der Waals surface area contributed by atoms with E-state index in [0.717, 1.165) is 22.5 Å². The van der Waals surface area contributed by atoms with Crippen LogP contribution in [0.15, 0.2) is 36.8 Å². The lowest BCUT2D eigenvalue weighted by atomic mass is 10.1. The third-order valence-corrected chi connectivity index (χ3v) is 2.13. The van der Waals surface area contributed by atoms with Crippen LogP contribution < -0.4 is 5.73 Å². The summed E-state index contributed by atoms with van der Waals surface area (Å²) in [5.41, 5.74) is 9.51. The van der Waals surface area contributed by atoms with E-state index in [9.17, 15) is 0 Å². The van der Waals surface area contributed by atoms with Crippen LogP contribution in [-0.4, -0.2) is 9.97 Å². The first-order chi connectivity index (χ1) is 6.77. The fraction of sp³-hybridized carbons (Fsp3) is 0.0909. The number of hydrogen-bond donors (Lipinski definition) is 1. The van der Waals surface area contributed by atoms with Crippen molar-refractivity contribution >= 4 is 5.69 Å². The molecule has 0 aliphatic heterocycles. The molecule has 1 heterocycles. The second kappa shape index (κ2) is 3.46. The largest absolute Gasteiger partial charge is 0.399 e. The van der Waals surface area contributed by atoms with E-state index in [-0.39, 0.29) is 0 Å². The molecule has 2 aromatic rings. The van der Waals surface area contributed by atoms with Gasteiger partial charge in [-0.2, -0.15) is 0 Å². The van der Waals surface area contributed by atoms with Gasteiger partial charge in [0.05, 0.1) is 11.9 Å². The lowest BCUT2D eigenvalue weighted by Gasteiger charge is -2.03. The van der Waals surface area contributed by atoms with Crippen LogP contribution in [0.5, 0.6) is 0 Å². The van der Waals surface area contributed by atoms with Gasteiger partial charge in [0.15, 0.2) is 0 Å². The highest BCUT2D eigenvalue weighted by atomic mass is 14.8. The summed E-state index contributed by atoms with van der Waals surface area (Å²) in [6.45, 7) is 1.98. The minimum absolute atomic E-state index is 0.803. The monoisotopic (exact) mass is 185 g/mol. The Balaban J connectivity index is 2.48. The molecule has 3 heteroatoms. The Bertz CT molecular complexity index is 438. The molecule has 1 aromatic carbocycles. The van der Waals surface area contributed by atoms with Gasteiger partial charge in [-0.15, -0.1) is 0 Å². The van der Waals surface area contributed by atoms with E-state index in [2.05, 4.69) is 9.97 Å². The predicted molar refractivity (Wildman–Crippen MR) is 56.6 cm³/mol. The van der Waals surface area contributed by atoms with Crippen molar-refractivity contribution in [3.05, 3.63) is 42.4 Å². The third kappa shape index (κ3) is 1.57. The predicted octanol–water partition coefficient (Wildman–Crippen LogP) is 2.03. The zero-order chi connectivity index (χ0) is 9.97. The van der Waals surface area contributed by atoms with E-state index in [1.807, 2.05) is 25.1 Å². The number of hydrogen-bond acceptors (Lipinski definition) is 3. The van der Waals surface area contributed by atoms with E-state index < -0.39 is 0 Å². The van der Waals surface area contributed by atoms with Crippen LogP contribution >= 0.6 is 0 Å². The van der Waals surface area contributed by atoms with Gasteiger partial charge in [0.25, 0.3) is 0 Å². The Morgan fingerprint density at radius 2 is 2.07 bits per heavy atom. The molecule has 0 bridgehead atoms. The molecule has 70 valence electrons. The molecular formula is C11H11N3. The first-order valence-corrected chi connectivity index (χ1v) is 4.40. The minimum atomic E-state index is 0.803. The molecule has 2 rings (SSSR count). The van der Waals surface area contributed by atoms with Crippen LogP contribution in [0.2, 0.25) is 0 Å². The molecule has 0 saturated heterocycles. The Morgan fingerprint density at radius 3 is 2.71 bits per heavy atom. The van der Waals surface area contributed by atoms with Crippen molar-refractivity contribution in [3.63, 3.8) is 0 Å². The number of nitrogen functional groups attached to an aromatic ring is 1. The molecule has 1 aromatic heterocycles. The zero-order valence-electron chi connectivity index (χ0n) is 7.94. The maximum atomic E-state index is 5.73. The number of benzene rings is 1. The number of aromatic nitrogens is 2. The van der Waals surface area contributed by atoms with E-state index in [0.29, 0.717) is 0 Å². The van der Waals surface area contributed by atoms with Gasteiger partial charge in [-0.25, -0.2) is 0 Å². The average molecular weight is 185 g/mol. The van der Waals surface area contributed by atoms with Gasteiger partial charge in [-0.3, -0.25) is 9.97 Å². The van der Waals surface area contributed by atoms with Crippen LogP contribution in [0.3, 0.4) is 0 Å². The molecule has 0 fully saturated rings. The molecule has 0 saturated carbocycles. The molecular weight excluding hydrogens is 174 g/mol. The minimum Gasteiger partial charge on any atom is -0.399 e. The number of nitrogens with zero attached hydrogens (tertiary/aromatic N) is 2. The summed E-state index contributed by atoms with van der Waals surface area (Å²) in [7, 11) is 0. The summed E-state index contributed by atoms with van der Waals surface area (Å²) in [5, 5.41) is 0. The van der Waals surface area contributed by atoms with E-state index in [4.69, 9.17) is 5.73 Å². The molecule has 14 heavy (non-hydrogen) atoms. The zero-order valence-corrected chi connectivity index (χ0v) is 7.94. The smallest absolute Gasteiger partial charge is 0.0885 e. The van der Waals surface area contributed by atoms with Crippen LogP contribution in [0, 0.1) is 6.92 Å². The Morgan fingerprint density at radius 1 is 1.21 bits per heavy atom. The lowest BCUT2D eigenvalue weighted by Crippen LogP contribution is -1.90. The third-order valence-electron chi connectivity index (χ3n) is 2.13. The van der Waals surface area contributed by atoms with Crippen LogP contribution in [0.4, 0.5) is 5.69 Å². The Labute approximate surface area is 82.6 Å². The van der Waals surface area contributed by atoms with E-state index in [1.54, 1.807) is 18.6 Å². The Hall–Kier alpha value is -1.90. The van der Waals surface area contributed by atoms with Crippen molar-refractivity contribution in [2.45, 2.75) is 6.92 Å². The lowest BCUT2D eigenvalue weighted by molar-refractivity contribution is 1.20. The van der Waals surface area contributed by atoms with Crippen molar-refractivity contribution < 1.29 is 0 Å². The van der Waals surface area contributed by atoms with E-state index in [1.165, 1.54) is 0 Å². The fourth-order valence-corrected chi connectivity index (χ4v) is 1.28. The topological polar surface area (TPSA) is 51.8 Å². The van der Waals surface area contributed by atoms with Crippen molar-refractivity contribution in [2.24, 2.45) is 0 Å².